The minimum atomic E-state index is -0.432. The average molecular weight is 213 g/mol. The number of primary amides is 1. The summed E-state index contributed by atoms with van der Waals surface area (Å²) < 4.78 is 0. The molecule has 1 saturated heterocycles. The van der Waals surface area contributed by atoms with E-state index in [2.05, 4.69) is 5.32 Å². The molecule has 0 unspecified atom stereocenters. The third kappa shape index (κ3) is 4.78. The fourth-order valence-electron chi connectivity index (χ4n) is 1.72. The molecule has 15 heavy (non-hydrogen) atoms. The number of rotatable bonds is 4. The molecule has 0 aromatic rings. The van der Waals surface area contributed by atoms with Crippen molar-refractivity contribution in [3.8, 4) is 0 Å². The molecule has 0 radical (unpaired) electrons. The maximum Gasteiger partial charge on any atom is 0.236 e. The average Bonchev–Trinajstić information content (AvgIpc) is 2.44. The van der Waals surface area contributed by atoms with E-state index in [9.17, 15) is 9.59 Å². The fraction of sp³-hybridized carbons (Fsp3) is 0.800. The number of nitrogens with two attached hydrogens (primary N) is 1. The van der Waals surface area contributed by atoms with Gasteiger partial charge in [-0.15, -0.1) is 0 Å². The highest BCUT2D eigenvalue weighted by atomic mass is 16.2. The Morgan fingerprint density at radius 2 is 1.67 bits per heavy atom. The molecular formula is C10H19N3O2. The highest BCUT2D eigenvalue weighted by molar-refractivity contribution is 5.80. The molecule has 2 amide bonds. The zero-order valence-corrected chi connectivity index (χ0v) is 9.00. The van der Waals surface area contributed by atoms with Crippen molar-refractivity contribution in [2.45, 2.75) is 25.7 Å². The Labute approximate surface area is 90.0 Å². The Kier molecular flexibility index (Phi) is 5.10. The Bertz CT molecular complexity index is 223. The highest BCUT2D eigenvalue weighted by Crippen LogP contribution is 2.09. The van der Waals surface area contributed by atoms with Crippen LogP contribution in [0.15, 0.2) is 0 Å². The van der Waals surface area contributed by atoms with Crippen molar-refractivity contribution in [3.05, 3.63) is 0 Å². The smallest absolute Gasteiger partial charge is 0.236 e. The van der Waals surface area contributed by atoms with Crippen LogP contribution in [0.2, 0.25) is 0 Å². The van der Waals surface area contributed by atoms with E-state index in [-0.39, 0.29) is 19.0 Å². The van der Waals surface area contributed by atoms with E-state index >= 15 is 0 Å². The van der Waals surface area contributed by atoms with Gasteiger partial charge in [0, 0.05) is 13.1 Å². The lowest BCUT2D eigenvalue weighted by molar-refractivity contribution is -0.130. The second-order valence-corrected chi connectivity index (χ2v) is 3.86. The lowest BCUT2D eigenvalue weighted by atomic mass is 10.2. The van der Waals surface area contributed by atoms with Crippen LogP contribution in [0.5, 0.6) is 0 Å². The van der Waals surface area contributed by atoms with Crippen LogP contribution in [0.25, 0.3) is 0 Å². The van der Waals surface area contributed by atoms with Crippen LogP contribution < -0.4 is 11.1 Å². The summed E-state index contributed by atoms with van der Waals surface area (Å²) in [5, 5.41) is 2.74. The molecule has 0 aliphatic carbocycles. The predicted octanol–water partition coefficient (Wildman–Crippen LogP) is -0.536. The first-order chi connectivity index (χ1) is 7.20. The highest BCUT2D eigenvalue weighted by Gasteiger charge is 2.14. The summed E-state index contributed by atoms with van der Waals surface area (Å²) >= 11 is 0. The van der Waals surface area contributed by atoms with Crippen molar-refractivity contribution < 1.29 is 9.59 Å². The lowest BCUT2D eigenvalue weighted by Gasteiger charge is -2.20. The van der Waals surface area contributed by atoms with E-state index in [1.807, 2.05) is 4.90 Å². The van der Waals surface area contributed by atoms with Crippen molar-refractivity contribution in [3.63, 3.8) is 0 Å². The van der Waals surface area contributed by atoms with Crippen molar-refractivity contribution >= 4 is 11.8 Å². The molecule has 0 saturated carbocycles. The third-order valence-corrected chi connectivity index (χ3v) is 2.53. The third-order valence-electron chi connectivity index (χ3n) is 2.53. The number of likely N-dealkylation sites (tertiary alicyclic amines) is 1. The Morgan fingerprint density at radius 3 is 2.20 bits per heavy atom. The number of amides is 2. The minimum Gasteiger partial charge on any atom is -0.369 e. The van der Waals surface area contributed by atoms with E-state index in [0.717, 1.165) is 25.9 Å². The molecule has 1 rings (SSSR count). The van der Waals surface area contributed by atoms with Gasteiger partial charge in [0.05, 0.1) is 13.1 Å². The van der Waals surface area contributed by atoms with E-state index in [1.54, 1.807) is 0 Å². The first kappa shape index (κ1) is 12.0. The van der Waals surface area contributed by atoms with Gasteiger partial charge in [0.25, 0.3) is 0 Å². The van der Waals surface area contributed by atoms with Gasteiger partial charge < -0.3 is 10.6 Å². The lowest BCUT2D eigenvalue weighted by Crippen LogP contribution is -2.41. The van der Waals surface area contributed by atoms with Crippen LogP contribution in [0, 0.1) is 0 Å². The van der Waals surface area contributed by atoms with Crippen LogP contribution in [-0.4, -0.2) is 42.9 Å². The largest absolute Gasteiger partial charge is 0.369 e. The topological polar surface area (TPSA) is 75.4 Å². The molecule has 1 fully saturated rings. The number of nitrogens with one attached hydrogen (secondary N) is 1. The molecule has 0 bridgehead atoms. The van der Waals surface area contributed by atoms with Crippen molar-refractivity contribution in [2.24, 2.45) is 5.73 Å². The Morgan fingerprint density at radius 1 is 1.07 bits per heavy atom. The SMILES string of the molecule is NC(=O)CNCC(=O)N1CCCCCC1. The molecule has 3 N–H and O–H groups in total. The molecule has 0 aromatic heterocycles. The monoisotopic (exact) mass is 213 g/mol. The van der Waals surface area contributed by atoms with Gasteiger partial charge in [0.1, 0.15) is 0 Å². The molecule has 0 spiro atoms. The molecular weight excluding hydrogens is 194 g/mol. The molecule has 5 heteroatoms. The maximum absolute atomic E-state index is 11.6. The van der Waals surface area contributed by atoms with Gasteiger partial charge in [0.2, 0.25) is 11.8 Å². The summed E-state index contributed by atoms with van der Waals surface area (Å²) in [4.78, 5) is 24.0. The Balaban J connectivity index is 2.22. The van der Waals surface area contributed by atoms with Gasteiger partial charge in [-0.25, -0.2) is 0 Å². The van der Waals surface area contributed by atoms with Gasteiger partial charge in [0.15, 0.2) is 0 Å². The standard InChI is InChI=1S/C10H19N3O2/c11-9(14)7-12-8-10(15)13-5-3-1-2-4-6-13/h12H,1-8H2,(H2,11,14). The molecule has 0 atom stereocenters. The molecule has 1 aliphatic heterocycles. The van der Waals surface area contributed by atoms with Crippen LogP contribution >= 0.6 is 0 Å². The van der Waals surface area contributed by atoms with E-state index < -0.39 is 5.91 Å². The van der Waals surface area contributed by atoms with Crippen LogP contribution in [-0.2, 0) is 9.59 Å². The van der Waals surface area contributed by atoms with Gasteiger partial charge in [-0.05, 0) is 12.8 Å². The summed E-state index contributed by atoms with van der Waals surface area (Å²) in [5.41, 5.74) is 4.96. The van der Waals surface area contributed by atoms with Crippen molar-refractivity contribution in [2.75, 3.05) is 26.2 Å². The van der Waals surface area contributed by atoms with E-state index in [0.29, 0.717) is 0 Å². The summed E-state index contributed by atoms with van der Waals surface area (Å²) in [5.74, 6) is -0.364. The molecule has 0 aromatic carbocycles. The maximum atomic E-state index is 11.6. The van der Waals surface area contributed by atoms with Gasteiger partial charge in [-0.1, -0.05) is 12.8 Å². The fourth-order valence-corrected chi connectivity index (χ4v) is 1.72. The van der Waals surface area contributed by atoms with Gasteiger partial charge >= 0.3 is 0 Å². The number of hydrogen-bond acceptors (Lipinski definition) is 3. The summed E-state index contributed by atoms with van der Waals surface area (Å²) in [6.45, 7) is 1.97. The van der Waals surface area contributed by atoms with Crippen LogP contribution in [0.1, 0.15) is 25.7 Å². The normalized spacial score (nSPS) is 17.2. The molecule has 86 valence electrons. The minimum absolute atomic E-state index is 0.0677. The predicted molar refractivity (Wildman–Crippen MR) is 57.1 cm³/mol. The van der Waals surface area contributed by atoms with Crippen molar-refractivity contribution in [1.82, 2.24) is 10.2 Å². The van der Waals surface area contributed by atoms with E-state index in [1.165, 1.54) is 12.8 Å². The van der Waals surface area contributed by atoms with E-state index in [4.69, 9.17) is 5.73 Å². The number of carbonyl (C=O) groups excluding carboxylic acids is 2. The number of nitrogens with zero attached hydrogens (tertiary/aromatic N) is 1. The summed E-state index contributed by atoms with van der Waals surface area (Å²) in [6, 6.07) is 0. The number of hydrogen-bond donors (Lipinski definition) is 2. The first-order valence-electron chi connectivity index (χ1n) is 5.47. The quantitative estimate of drug-likeness (QED) is 0.659. The van der Waals surface area contributed by atoms with Gasteiger partial charge in [-0.2, -0.15) is 0 Å². The molecule has 1 heterocycles. The van der Waals surface area contributed by atoms with Crippen molar-refractivity contribution in [1.29, 1.82) is 0 Å². The molecule has 1 aliphatic rings. The zero-order chi connectivity index (χ0) is 11.1. The first-order valence-corrected chi connectivity index (χ1v) is 5.47. The van der Waals surface area contributed by atoms with Gasteiger partial charge in [-0.3, -0.25) is 14.9 Å². The summed E-state index contributed by atoms with van der Waals surface area (Å²) in [7, 11) is 0. The zero-order valence-electron chi connectivity index (χ0n) is 9.00. The second kappa shape index (κ2) is 6.40. The number of carbonyl (C=O) groups is 2. The second-order valence-electron chi connectivity index (χ2n) is 3.86. The van der Waals surface area contributed by atoms with Crippen LogP contribution in [0.3, 0.4) is 0 Å². The summed E-state index contributed by atoms with van der Waals surface area (Å²) in [6.07, 6.45) is 4.58. The Hall–Kier alpha value is -1.10. The van der Waals surface area contributed by atoms with Crippen LogP contribution in [0.4, 0.5) is 0 Å². The molecule has 5 nitrogen and oxygen atoms in total.